The van der Waals surface area contributed by atoms with Crippen LogP contribution in [-0.4, -0.2) is 21.2 Å². The number of aromatic nitrogens is 2. The van der Waals surface area contributed by atoms with Crippen molar-refractivity contribution in [3.8, 4) is 5.75 Å². The molecule has 0 unspecified atom stereocenters. The van der Waals surface area contributed by atoms with Crippen molar-refractivity contribution in [3.63, 3.8) is 0 Å². The lowest BCUT2D eigenvalue weighted by molar-refractivity contribution is 0.0702. The Hall–Kier alpha value is -1.89. The number of carboxylic acid groups (broad SMARTS) is 1. The van der Waals surface area contributed by atoms with Crippen LogP contribution in [0.15, 0.2) is 16.0 Å². The van der Waals surface area contributed by atoms with Crippen LogP contribution in [0.25, 0.3) is 0 Å². The first-order valence-electron chi connectivity index (χ1n) is 5.33. The van der Waals surface area contributed by atoms with E-state index in [9.17, 15) is 4.79 Å². The molecule has 0 aliphatic rings. The van der Waals surface area contributed by atoms with Crippen LogP contribution in [0.3, 0.4) is 0 Å². The minimum atomic E-state index is -0.962. The van der Waals surface area contributed by atoms with Gasteiger partial charge in [0, 0.05) is 17.4 Å². The molecule has 2 aromatic heterocycles. The Balaban J connectivity index is 1.95. The predicted molar refractivity (Wildman–Crippen MR) is 64.0 cm³/mol. The predicted octanol–water partition coefficient (Wildman–Crippen LogP) is 2.53. The molecule has 0 saturated heterocycles. The molecule has 0 amide bonds. The standard InChI is InChI=1S/C11H12N2O4S/c1-6(2)10-12-9(13-17-10)4-16-7-3-8(11(14)15)18-5-7/h3,5-6H,4H2,1-2H3,(H,14,15). The molecule has 0 aromatic carbocycles. The van der Waals surface area contributed by atoms with Crippen LogP contribution in [0.1, 0.15) is 41.2 Å². The molecule has 2 heterocycles. The SMILES string of the molecule is CC(C)c1nc(COc2csc(C(=O)O)c2)no1. The molecule has 6 nitrogen and oxygen atoms in total. The van der Waals surface area contributed by atoms with Crippen LogP contribution < -0.4 is 4.74 Å². The van der Waals surface area contributed by atoms with Gasteiger partial charge in [0.25, 0.3) is 0 Å². The summed E-state index contributed by atoms with van der Waals surface area (Å²) in [5, 5.41) is 14.2. The fourth-order valence-electron chi connectivity index (χ4n) is 1.22. The number of nitrogens with zero attached hydrogens (tertiary/aromatic N) is 2. The molecular formula is C11H12N2O4S. The normalized spacial score (nSPS) is 10.8. The molecule has 96 valence electrons. The maximum Gasteiger partial charge on any atom is 0.346 e. The Kier molecular flexibility index (Phi) is 3.61. The average molecular weight is 268 g/mol. The summed E-state index contributed by atoms with van der Waals surface area (Å²) in [6, 6.07) is 1.47. The third-order valence-electron chi connectivity index (χ3n) is 2.13. The monoisotopic (exact) mass is 268 g/mol. The molecule has 18 heavy (non-hydrogen) atoms. The summed E-state index contributed by atoms with van der Waals surface area (Å²) >= 11 is 1.11. The number of thiophene rings is 1. The van der Waals surface area contributed by atoms with Gasteiger partial charge in [0.1, 0.15) is 10.6 Å². The van der Waals surface area contributed by atoms with Crippen molar-refractivity contribution in [2.24, 2.45) is 0 Å². The lowest BCUT2D eigenvalue weighted by atomic mass is 10.2. The van der Waals surface area contributed by atoms with Gasteiger partial charge in [0.15, 0.2) is 6.61 Å². The van der Waals surface area contributed by atoms with Gasteiger partial charge in [-0.05, 0) is 0 Å². The molecule has 0 fully saturated rings. The summed E-state index contributed by atoms with van der Waals surface area (Å²) in [6.07, 6.45) is 0. The van der Waals surface area contributed by atoms with Gasteiger partial charge in [-0.2, -0.15) is 4.98 Å². The van der Waals surface area contributed by atoms with Crippen LogP contribution >= 0.6 is 11.3 Å². The van der Waals surface area contributed by atoms with Gasteiger partial charge in [-0.25, -0.2) is 4.79 Å². The first kappa shape index (κ1) is 12.6. The van der Waals surface area contributed by atoms with E-state index in [-0.39, 0.29) is 17.4 Å². The van der Waals surface area contributed by atoms with Crippen molar-refractivity contribution in [1.82, 2.24) is 10.1 Å². The van der Waals surface area contributed by atoms with Crippen LogP contribution in [0.4, 0.5) is 0 Å². The number of hydrogen-bond donors (Lipinski definition) is 1. The van der Waals surface area contributed by atoms with E-state index in [0.717, 1.165) is 11.3 Å². The fourth-order valence-corrected chi connectivity index (χ4v) is 1.88. The smallest absolute Gasteiger partial charge is 0.346 e. The molecule has 2 aromatic rings. The third kappa shape index (κ3) is 2.86. The van der Waals surface area contributed by atoms with Crippen molar-refractivity contribution in [3.05, 3.63) is 28.0 Å². The molecule has 0 saturated carbocycles. The minimum absolute atomic E-state index is 0.159. The maximum absolute atomic E-state index is 10.7. The fraction of sp³-hybridized carbons (Fsp3) is 0.364. The second kappa shape index (κ2) is 5.18. The Morgan fingerprint density at radius 2 is 2.39 bits per heavy atom. The average Bonchev–Trinajstić information content (AvgIpc) is 2.95. The van der Waals surface area contributed by atoms with Crippen LogP contribution in [-0.2, 0) is 6.61 Å². The summed E-state index contributed by atoms with van der Waals surface area (Å²) in [6.45, 7) is 4.07. The molecule has 7 heteroatoms. The quantitative estimate of drug-likeness (QED) is 0.896. The summed E-state index contributed by atoms with van der Waals surface area (Å²) in [4.78, 5) is 15.1. The minimum Gasteiger partial charge on any atom is -0.485 e. The van der Waals surface area contributed by atoms with Gasteiger partial charge in [-0.1, -0.05) is 19.0 Å². The van der Waals surface area contributed by atoms with Gasteiger partial charge in [0.2, 0.25) is 11.7 Å². The Labute approximate surface area is 107 Å². The number of rotatable bonds is 5. The van der Waals surface area contributed by atoms with E-state index >= 15 is 0 Å². The molecule has 0 aliphatic heterocycles. The molecule has 0 radical (unpaired) electrons. The highest BCUT2D eigenvalue weighted by atomic mass is 32.1. The van der Waals surface area contributed by atoms with E-state index < -0.39 is 5.97 Å². The highest BCUT2D eigenvalue weighted by molar-refractivity contribution is 7.12. The zero-order valence-electron chi connectivity index (χ0n) is 9.91. The van der Waals surface area contributed by atoms with Crippen molar-refractivity contribution in [1.29, 1.82) is 0 Å². The number of carboxylic acids is 1. The summed E-state index contributed by atoms with van der Waals surface area (Å²) in [5.74, 6) is 0.711. The first-order valence-corrected chi connectivity index (χ1v) is 6.21. The molecule has 1 N–H and O–H groups in total. The van der Waals surface area contributed by atoms with Crippen LogP contribution in [0.2, 0.25) is 0 Å². The Morgan fingerprint density at radius 1 is 1.61 bits per heavy atom. The molecule has 2 rings (SSSR count). The molecular weight excluding hydrogens is 256 g/mol. The van der Waals surface area contributed by atoms with Gasteiger partial charge >= 0.3 is 5.97 Å². The van der Waals surface area contributed by atoms with E-state index in [1.807, 2.05) is 13.8 Å². The Morgan fingerprint density at radius 3 is 2.94 bits per heavy atom. The van der Waals surface area contributed by atoms with Gasteiger partial charge in [0.05, 0.1) is 0 Å². The second-order valence-corrected chi connectivity index (χ2v) is 4.86. The highest BCUT2D eigenvalue weighted by Crippen LogP contribution is 2.22. The van der Waals surface area contributed by atoms with Crippen LogP contribution in [0.5, 0.6) is 5.75 Å². The largest absolute Gasteiger partial charge is 0.485 e. The van der Waals surface area contributed by atoms with Crippen LogP contribution in [0, 0.1) is 0 Å². The molecule has 0 spiro atoms. The lowest BCUT2D eigenvalue weighted by Crippen LogP contribution is -1.97. The molecule has 0 bridgehead atoms. The van der Waals surface area contributed by atoms with E-state index in [0.29, 0.717) is 17.5 Å². The molecule has 0 atom stereocenters. The van der Waals surface area contributed by atoms with Gasteiger partial charge in [-0.3, -0.25) is 0 Å². The maximum atomic E-state index is 10.7. The van der Waals surface area contributed by atoms with Gasteiger partial charge < -0.3 is 14.4 Å². The second-order valence-electron chi connectivity index (χ2n) is 3.94. The number of aromatic carboxylic acids is 1. The summed E-state index contributed by atoms with van der Waals surface area (Å²) in [5.41, 5.74) is 0. The van der Waals surface area contributed by atoms with Crippen molar-refractivity contribution in [2.45, 2.75) is 26.4 Å². The van der Waals surface area contributed by atoms with E-state index in [1.165, 1.54) is 6.07 Å². The van der Waals surface area contributed by atoms with E-state index in [4.69, 9.17) is 14.4 Å². The third-order valence-corrected chi connectivity index (χ3v) is 3.03. The van der Waals surface area contributed by atoms with E-state index in [2.05, 4.69) is 10.1 Å². The lowest BCUT2D eigenvalue weighted by Gasteiger charge is -1.98. The summed E-state index contributed by atoms with van der Waals surface area (Å²) in [7, 11) is 0. The zero-order valence-corrected chi connectivity index (χ0v) is 10.7. The Bertz CT molecular complexity index is 547. The topological polar surface area (TPSA) is 85.5 Å². The highest BCUT2D eigenvalue weighted by Gasteiger charge is 2.11. The number of hydrogen-bond acceptors (Lipinski definition) is 6. The van der Waals surface area contributed by atoms with Crippen molar-refractivity contribution < 1.29 is 19.2 Å². The number of carbonyl (C=O) groups is 1. The van der Waals surface area contributed by atoms with Crippen molar-refractivity contribution >= 4 is 17.3 Å². The zero-order chi connectivity index (χ0) is 13.1. The first-order chi connectivity index (χ1) is 8.56. The number of ether oxygens (including phenoxy) is 1. The van der Waals surface area contributed by atoms with Crippen molar-refractivity contribution in [2.75, 3.05) is 0 Å². The van der Waals surface area contributed by atoms with Gasteiger partial charge in [-0.15, -0.1) is 11.3 Å². The van der Waals surface area contributed by atoms with E-state index in [1.54, 1.807) is 5.38 Å². The molecule has 0 aliphatic carbocycles. The summed E-state index contributed by atoms with van der Waals surface area (Å²) < 4.78 is 10.4.